The van der Waals surface area contributed by atoms with Gasteiger partial charge in [0.05, 0.1) is 12.6 Å². The molecule has 2 unspecified atom stereocenters. The highest BCUT2D eigenvalue weighted by molar-refractivity contribution is 5.76. The second-order valence-corrected chi connectivity index (χ2v) is 6.15. The molecule has 0 bridgehead atoms. The number of ether oxygens (including phenoxy) is 1. The molecule has 2 atom stereocenters. The molecule has 4 heteroatoms. The molecular formula is C17H26N2O2. The molecule has 3 N–H and O–H groups in total. The Labute approximate surface area is 127 Å². The van der Waals surface area contributed by atoms with Crippen molar-refractivity contribution in [1.29, 1.82) is 0 Å². The minimum absolute atomic E-state index is 0.0270. The molecule has 0 fully saturated rings. The third kappa shape index (κ3) is 3.38. The minimum Gasteiger partial charge on any atom is -0.493 e. The number of rotatable bonds is 4. The van der Waals surface area contributed by atoms with Crippen LogP contribution in [0.4, 0.5) is 0 Å². The van der Waals surface area contributed by atoms with Crippen molar-refractivity contribution in [3.8, 4) is 5.75 Å². The van der Waals surface area contributed by atoms with E-state index in [1.807, 2.05) is 6.92 Å². The molecule has 0 radical (unpaired) electrons. The number of fused-ring (bicyclic) bond motifs is 1. The summed E-state index contributed by atoms with van der Waals surface area (Å²) in [6, 6.07) is 4.18. The van der Waals surface area contributed by atoms with Gasteiger partial charge in [0.2, 0.25) is 5.91 Å². The van der Waals surface area contributed by atoms with Crippen molar-refractivity contribution in [3.63, 3.8) is 0 Å². The maximum Gasteiger partial charge on any atom is 0.220 e. The van der Waals surface area contributed by atoms with Crippen molar-refractivity contribution in [3.05, 3.63) is 28.8 Å². The second kappa shape index (κ2) is 6.48. The summed E-state index contributed by atoms with van der Waals surface area (Å²) in [7, 11) is 0. The summed E-state index contributed by atoms with van der Waals surface area (Å²) in [5, 5.41) is 3.09. The third-order valence-corrected chi connectivity index (χ3v) is 4.05. The number of amides is 1. The molecule has 116 valence electrons. The Hall–Kier alpha value is -1.55. The molecule has 4 nitrogen and oxygen atoms in total. The quantitative estimate of drug-likeness (QED) is 0.896. The SMILES string of the molecule is CCC(=O)NC1CCOc2c1cc(C)cc2C(N)C(C)C. The zero-order valence-electron chi connectivity index (χ0n) is 13.4. The molecule has 21 heavy (non-hydrogen) atoms. The van der Waals surface area contributed by atoms with E-state index in [0.717, 1.165) is 28.9 Å². The highest BCUT2D eigenvalue weighted by Gasteiger charge is 2.27. The predicted molar refractivity (Wildman–Crippen MR) is 84.2 cm³/mol. The highest BCUT2D eigenvalue weighted by Crippen LogP contribution is 2.39. The van der Waals surface area contributed by atoms with Crippen LogP contribution >= 0.6 is 0 Å². The molecule has 1 aromatic rings. The number of benzene rings is 1. The summed E-state index contributed by atoms with van der Waals surface area (Å²) in [5.41, 5.74) is 9.61. The van der Waals surface area contributed by atoms with Crippen LogP contribution in [0.25, 0.3) is 0 Å². The molecular weight excluding hydrogens is 264 g/mol. The van der Waals surface area contributed by atoms with Gasteiger partial charge in [0.1, 0.15) is 5.75 Å². The number of aryl methyl sites for hydroxylation is 1. The van der Waals surface area contributed by atoms with Crippen LogP contribution in [0.15, 0.2) is 12.1 Å². The molecule has 0 saturated heterocycles. The van der Waals surface area contributed by atoms with Gasteiger partial charge < -0.3 is 15.8 Å². The summed E-state index contributed by atoms with van der Waals surface area (Å²) in [6.07, 6.45) is 1.30. The number of carbonyl (C=O) groups excluding carboxylic acids is 1. The lowest BCUT2D eigenvalue weighted by atomic mass is 9.89. The van der Waals surface area contributed by atoms with Crippen LogP contribution in [-0.4, -0.2) is 12.5 Å². The molecule has 0 saturated carbocycles. The first-order chi connectivity index (χ1) is 9.93. The van der Waals surface area contributed by atoms with E-state index in [4.69, 9.17) is 10.5 Å². The van der Waals surface area contributed by atoms with Crippen molar-refractivity contribution in [1.82, 2.24) is 5.32 Å². The van der Waals surface area contributed by atoms with E-state index in [2.05, 4.69) is 38.2 Å². The van der Waals surface area contributed by atoms with Gasteiger partial charge in [-0.15, -0.1) is 0 Å². The van der Waals surface area contributed by atoms with Crippen molar-refractivity contribution >= 4 is 5.91 Å². The van der Waals surface area contributed by atoms with E-state index < -0.39 is 0 Å². The van der Waals surface area contributed by atoms with Gasteiger partial charge in [-0.25, -0.2) is 0 Å². The van der Waals surface area contributed by atoms with E-state index in [-0.39, 0.29) is 18.0 Å². The first-order valence-electron chi connectivity index (χ1n) is 7.76. The zero-order chi connectivity index (χ0) is 15.6. The van der Waals surface area contributed by atoms with Crippen LogP contribution in [-0.2, 0) is 4.79 Å². The lowest BCUT2D eigenvalue weighted by Gasteiger charge is -2.31. The minimum atomic E-state index is -0.0562. The number of carbonyl (C=O) groups is 1. The largest absolute Gasteiger partial charge is 0.493 e. The van der Waals surface area contributed by atoms with Gasteiger partial charge in [0.15, 0.2) is 0 Å². The fourth-order valence-corrected chi connectivity index (χ4v) is 2.74. The lowest BCUT2D eigenvalue weighted by molar-refractivity contribution is -0.121. The molecule has 2 rings (SSSR count). The van der Waals surface area contributed by atoms with Crippen molar-refractivity contribution < 1.29 is 9.53 Å². The third-order valence-electron chi connectivity index (χ3n) is 4.05. The average Bonchev–Trinajstić information content (AvgIpc) is 2.46. The maximum absolute atomic E-state index is 11.7. The molecule has 1 aromatic carbocycles. The second-order valence-electron chi connectivity index (χ2n) is 6.15. The Morgan fingerprint density at radius 2 is 2.19 bits per heavy atom. The van der Waals surface area contributed by atoms with Crippen molar-refractivity contribution in [2.75, 3.05) is 6.61 Å². The summed E-state index contributed by atoms with van der Waals surface area (Å²) in [4.78, 5) is 11.7. The Bertz CT molecular complexity index is 526. The molecule has 0 aromatic heterocycles. The Balaban J connectivity index is 2.42. The van der Waals surface area contributed by atoms with Gasteiger partial charge in [-0.2, -0.15) is 0 Å². The van der Waals surface area contributed by atoms with E-state index in [1.165, 1.54) is 0 Å². The van der Waals surface area contributed by atoms with Crippen molar-refractivity contribution in [2.24, 2.45) is 11.7 Å². The van der Waals surface area contributed by atoms with Gasteiger partial charge in [0.25, 0.3) is 0 Å². The zero-order valence-corrected chi connectivity index (χ0v) is 13.4. The standard InChI is InChI=1S/C17H26N2O2/c1-5-15(20)19-14-6-7-21-17-12(14)8-11(4)9-13(17)16(18)10(2)3/h8-10,14,16H,5-7,18H2,1-4H3,(H,19,20). The van der Waals surface area contributed by atoms with Gasteiger partial charge in [-0.1, -0.05) is 38.5 Å². The summed E-state index contributed by atoms with van der Waals surface area (Å²) in [6.45, 7) is 8.76. The summed E-state index contributed by atoms with van der Waals surface area (Å²) in [5.74, 6) is 1.28. The highest BCUT2D eigenvalue weighted by atomic mass is 16.5. The monoisotopic (exact) mass is 290 g/mol. The van der Waals surface area contributed by atoms with Crippen LogP contribution in [0.2, 0.25) is 0 Å². The molecule has 1 amide bonds. The van der Waals surface area contributed by atoms with E-state index in [9.17, 15) is 4.79 Å². The fraction of sp³-hybridized carbons (Fsp3) is 0.588. The normalized spacial score (nSPS) is 18.9. The maximum atomic E-state index is 11.7. The average molecular weight is 290 g/mol. The smallest absolute Gasteiger partial charge is 0.220 e. The number of nitrogens with two attached hydrogens (primary N) is 1. The molecule has 1 heterocycles. The Morgan fingerprint density at radius 3 is 2.81 bits per heavy atom. The van der Waals surface area contributed by atoms with Crippen molar-refractivity contribution in [2.45, 2.75) is 52.6 Å². The van der Waals surface area contributed by atoms with Crippen LogP contribution in [0.3, 0.4) is 0 Å². The van der Waals surface area contributed by atoms with E-state index in [1.54, 1.807) is 0 Å². The van der Waals surface area contributed by atoms with Crippen LogP contribution in [0, 0.1) is 12.8 Å². The Morgan fingerprint density at radius 1 is 1.48 bits per heavy atom. The van der Waals surface area contributed by atoms with Gasteiger partial charge in [0, 0.05) is 30.0 Å². The molecule has 0 aliphatic carbocycles. The van der Waals surface area contributed by atoms with Gasteiger partial charge >= 0.3 is 0 Å². The predicted octanol–water partition coefficient (Wildman–Crippen LogP) is 3.00. The fourth-order valence-electron chi connectivity index (χ4n) is 2.74. The molecule has 0 spiro atoms. The first-order valence-corrected chi connectivity index (χ1v) is 7.76. The summed E-state index contributed by atoms with van der Waals surface area (Å²) >= 11 is 0. The van der Waals surface area contributed by atoms with Crippen LogP contribution in [0.5, 0.6) is 5.75 Å². The van der Waals surface area contributed by atoms with E-state index >= 15 is 0 Å². The van der Waals surface area contributed by atoms with Gasteiger partial charge in [-0.3, -0.25) is 4.79 Å². The van der Waals surface area contributed by atoms with Crippen LogP contribution < -0.4 is 15.8 Å². The first kappa shape index (κ1) is 15.8. The molecule has 1 aliphatic heterocycles. The number of hydrogen-bond donors (Lipinski definition) is 2. The number of nitrogens with one attached hydrogen (secondary N) is 1. The lowest BCUT2D eigenvalue weighted by Crippen LogP contribution is -2.32. The van der Waals surface area contributed by atoms with Gasteiger partial charge in [-0.05, 0) is 12.8 Å². The van der Waals surface area contributed by atoms with Crippen LogP contribution in [0.1, 0.15) is 62.4 Å². The Kier molecular flexibility index (Phi) is 4.88. The molecule has 1 aliphatic rings. The topological polar surface area (TPSA) is 64.3 Å². The number of hydrogen-bond acceptors (Lipinski definition) is 3. The van der Waals surface area contributed by atoms with E-state index in [0.29, 0.717) is 18.9 Å². The summed E-state index contributed by atoms with van der Waals surface area (Å²) < 4.78 is 5.90.